The zero-order chi connectivity index (χ0) is 20.7. The van der Waals surface area contributed by atoms with E-state index in [1.165, 1.54) is 0 Å². The molecule has 152 valence electrons. The summed E-state index contributed by atoms with van der Waals surface area (Å²) >= 11 is 0. The summed E-state index contributed by atoms with van der Waals surface area (Å²) in [5.41, 5.74) is 1.08. The molecule has 0 radical (unpaired) electrons. The summed E-state index contributed by atoms with van der Waals surface area (Å²) in [5, 5.41) is 1.80. The van der Waals surface area contributed by atoms with Gasteiger partial charge in [-0.25, -0.2) is 13.1 Å². The lowest BCUT2D eigenvalue weighted by molar-refractivity contribution is -0.144. The molecule has 1 N–H and O–H groups in total. The van der Waals surface area contributed by atoms with Crippen LogP contribution in [0.4, 0.5) is 0 Å². The van der Waals surface area contributed by atoms with Crippen LogP contribution in [0.5, 0.6) is 5.75 Å². The summed E-state index contributed by atoms with van der Waals surface area (Å²) < 4.78 is 37.8. The van der Waals surface area contributed by atoms with Gasteiger partial charge in [0.1, 0.15) is 19.0 Å². The van der Waals surface area contributed by atoms with Crippen LogP contribution in [0.15, 0.2) is 71.6 Å². The van der Waals surface area contributed by atoms with E-state index in [1.54, 1.807) is 18.2 Å². The normalized spacial score (nSPS) is 11.3. The fourth-order valence-corrected chi connectivity index (χ4v) is 3.86. The predicted molar refractivity (Wildman–Crippen MR) is 111 cm³/mol. The molecule has 3 rings (SSSR count). The third-order valence-corrected chi connectivity index (χ3v) is 5.72. The van der Waals surface area contributed by atoms with Crippen molar-refractivity contribution in [2.45, 2.75) is 18.2 Å². The highest BCUT2D eigenvalue weighted by atomic mass is 32.2. The summed E-state index contributed by atoms with van der Waals surface area (Å²) in [6, 6.07) is 20.0. The third-order valence-electron chi connectivity index (χ3n) is 4.26. The van der Waals surface area contributed by atoms with Crippen LogP contribution in [0.1, 0.15) is 12.0 Å². The highest BCUT2D eigenvalue weighted by Crippen LogP contribution is 2.18. The second-order valence-corrected chi connectivity index (χ2v) is 8.31. The van der Waals surface area contributed by atoms with Crippen molar-refractivity contribution in [3.8, 4) is 5.75 Å². The number of carbonyl (C=O) groups is 1. The first kappa shape index (κ1) is 20.8. The molecule has 0 saturated carbocycles. The van der Waals surface area contributed by atoms with Crippen LogP contribution in [0.25, 0.3) is 10.8 Å². The van der Waals surface area contributed by atoms with E-state index in [9.17, 15) is 13.2 Å². The summed E-state index contributed by atoms with van der Waals surface area (Å²) in [6.07, 6.45) is -0.0583. The highest BCUT2D eigenvalue weighted by molar-refractivity contribution is 7.89. The Labute approximate surface area is 170 Å². The molecule has 0 aliphatic rings. The number of aryl methyl sites for hydroxylation is 1. The minimum atomic E-state index is -3.70. The van der Waals surface area contributed by atoms with E-state index in [4.69, 9.17) is 9.47 Å². The fourth-order valence-electron chi connectivity index (χ4n) is 2.80. The summed E-state index contributed by atoms with van der Waals surface area (Å²) in [5.74, 6) is 0.225. The van der Waals surface area contributed by atoms with Crippen molar-refractivity contribution in [1.82, 2.24) is 4.72 Å². The molecule has 0 fully saturated rings. The molecule has 0 amide bonds. The second kappa shape index (κ2) is 9.54. The number of sulfonamides is 1. The van der Waals surface area contributed by atoms with Crippen molar-refractivity contribution >= 4 is 26.8 Å². The first-order valence-corrected chi connectivity index (χ1v) is 10.8. The van der Waals surface area contributed by atoms with Crippen molar-refractivity contribution in [3.05, 3.63) is 72.3 Å². The highest BCUT2D eigenvalue weighted by Gasteiger charge is 2.15. The maximum Gasteiger partial charge on any atom is 0.307 e. The molecule has 29 heavy (non-hydrogen) atoms. The summed E-state index contributed by atoms with van der Waals surface area (Å²) in [7, 11) is -3.70. The van der Waals surface area contributed by atoms with Gasteiger partial charge in [0.25, 0.3) is 0 Å². The van der Waals surface area contributed by atoms with Gasteiger partial charge in [-0.1, -0.05) is 42.5 Å². The molecule has 0 atom stereocenters. The van der Waals surface area contributed by atoms with E-state index in [1.807, 2.05) is 55.5 Å². The average molecular weight is 413 g/mol. The molecule has 3 aromatic rings. The molecule has 7 heteroatoms. The number of ether oxygens (including phenoxy) is 2. The summed E-state index contributed by atoms with van der Waals surface area (Å²) in [4.78, 5) is 12.0. The number of esters is 1. The van der Waals surface area contributed by atoms with E-state index in [-0.39, 0.29) is 31.1 Å². The van der Waals surface area contributed by atoms with Crippen LogP contribution in [0.2, 0.25) is 0 Å². The minimum absolute atomic E-state index is 0.0350. The Hall–Kier alpha value is -2.90. The third kappa shape index (κ3) is 6.04. The minimum Gasteiger partial charge on any atom is -0.490 e. The molecule has 0 aliphatic carbocycles. The van der Waals surface area contributed by atoms with Gasteiger partial charge in [0, 0.05) is 6.54 Å². The number of fused-ring (bicyclic) bond motifs is 1. The van der Waals surface area contributed by atoms with Crippen molar-refractivity contribution in [2.24, 2.45) is 0 Å². The van der Waals surface area contributed by atoms with Crippen LogP contribution in [-0.2, 0) is 19.6 Å². The standard InChI is InChI=1S/C22H23NO5S/c1-17-5-4-8-20(15-17)27-13-14-28-22(24)11-12-23-29(25,26)21-10-9-18-6-2-3-7-19(18)16-21/h2-10,15-16,23H,11-14H2,1H3. The lowest BCUT2D eigenvalue weighted by atomic mass is 10.1. The Morgan fingerprint density at radius 2 is 1.72 bits per heavy atom. The van der Waals surface area contributed by atoms with Crippen LogP contribution < -0.4 is 9.46 Å². The quantitative estimate of drug-likeness (QED) is 0.429. The molecule has 0 heterocycles. The van der Waals surface area contributed by atoms with Gasteiger partial charge in [-0.2, -0.15) is 0 Å². The number of carbonyl (C=O) groups excluding carboxylic acids is 1. The lowest BCUT2D eigenvalue weighted by Gasteiger charge is -2.09. The topological polar surface area (TPSA) is 81.7 Å². The number of hydrogen-bond acceptors (Lipinski definition) is 5. The number of benzene rings is 3. The van der Waals surface area contributed by atoms with Gasteiger partial charge in [0.05, 0.1) is 11.3 Å². The first-order valence-electron chi connectivity index (χ1n) is 9.28. The molecule has 6 nitrogen and oxygen atoms in total. The SMILES string of the molecule is Cc1cccc(OCCOC(=O)CCNS(=O)(=O)c2ccc3ccccc3c2)c1. The molecule has 0 spiro atoms. The van der Waals surface area contributed by atoms with E-state index >= 15 is 0 Å². The van der Waals surface area contributed by atoms with E-state index in [0.29, 0.717) is 5.75 Å². The average Bonchev–Trinajstić information content (AvgIpc) is 2.71. The lowest BCUT2D eigenvalue weighted by Crippen LogP contribution is -2.27. The molecule has 0 aliphatic heterocycles. The van der Waals surface area contributed by atoms with Crippen molar-refractivity contribution < 1.29 is 22.7 Å². The first-order chi connectivity index (χ1) is 13.9. The van der Waals surface area contributed by atoms with Gasteiger partial charge in [-0.3, -0.25) is 4.79 Å². The maximum atomic E-state index is 12.4. The largest absolute Gasteiger partial charge is 0.490 e. The van der Waals surface area contributed by atoms with Gasteiger partial charge in [0.15, 0.2) is 0 Å². The Morgan fingerprint density at radius 1 is 0.931 bits per heavy atom. The van der Waals surface area contributed by atoms with E-state index in [2.05, 4.69) is 4.72 Å². The fraction of sp³-hybridized carbons (Fsp3) is 0.227. The molecule has 0 unspecified atom stereocenters. The van der Waals surface area contributed by atoms with Crippen molar-refractivity contribution in [1.29, 1.82) is 0 Å². The monoisotopic (exact) mass is 413 g/mol. The Bertz CT molecular complexity index is 1100. The Morgan fingerprint density at radius 3 is 2.52 bits per heavy atom. The zero-order valence-corrected chi connectivity index (χ0v) is 16.9. The number of rotatable bonds is 9. The van der Waals surface area contributed by atoms with Gasteiger partial charge in [-0.05, 0) is 47.5 Å². The van der Waals surface area contributed by atoms with E-state index < -0.39 is 16.0 Å². The molecule has 0 saturated heterocycles. The number of nitrogens with one attached hydrogen (secondary N) is 1. The molecule has 0 bridgehead atoms. The van der Waals surface area contributed by atoms with Crippen molar-refractivity contribution in [3.63, 3.8) is 0 Å². The Balaban J connectivity index is 1.41. The molecule has 3 aromatic carbocycles. The van der Waals surface area contributed by atoms with Crippen molar-refractivity contribution in [2.75, 3.05) is 19.8 Å². The second-order valence-electron chi connectivity index (χ2n) is 6.54. The van der Waals surface area contributed by atoms with Crippen LogP contribution >= 0.6 is 0 Å². The molecule has 0 aromatic heterocycles. The maximum absolute atomic E-state index is 12.4. The van der Waals surface area contributed by atoms with Crippen LogP contribution in [-0.4, -0.2) is 34.1 Å². The van der Waals surface area contributed by atoms with Crippen LogP contribution in [0.3, 0.4) is 0 Å². The molecular formula is C22H23NO5S. The molecular weight excluding hydrogens is 390 g/mol. The number of hydrogen-bond donors (Lipinski definition) is 1. The van der Waals surface area contributed by atoms with Gasteiger partial charge in [-0.15, -0.1) is 0 Å². The Kier molecular flexibility index (Phi) is 6.85. The smallest absolute Gasteiger partial charge is 0.307 e. The van der Waals surface area contributed by atoms with Gasteiger partial charge >= 0.3 is 5.97 Å². The van der Waals surface area contributed by atoms with Crippen LogP contribution in [0, 0.1) is 6.92 Å². The van der Waals surface area contributed by atoms with Gasteiger partial charge in [0.2, 0.25) is 10.0 Å². The van der Waals surface area contributed by atoms with E-state index in [0.717, 1.165) is 16.3 Å². The predicted octanol–water partition coefficient (Wildman–Crippen LogP) is 3.44. The van der Waals surface area contributed by atoms with Gasteiger partial charge < -0.3 is 9.47 Å². The zero-order valence-electron chi connectivity index (χ0n) is 16.1. The summed E-state index contributed by atoms with van der Waals surface area (Å²) in [6.45, 7) is 2.26.